The molecule has 0 spiro atoms. The molecule has 0 radical (unpaired) electrons. The summed E-state index contributed by atoms with van der Waals surface area (Å²) >= 11 is 0. The van der Waals surface area contributed by atoms with Crippen LogP contribution in [0.5, 0.6) is 11.5 Å². The molecule has 0 aliphatic heterocycles. The van der Waals surface area contributed by atoms with Gasteiger partial charge < -0.3 is 20.1 Å². The summed E-state index contributed by atoms with van der Waals surface area (Å²) in [5, 5.41) is 14.7. The zero-order chi connectivity index (χ0) is 21.2. The Bertz CT molecular complexity index is 911. The van der Waals surface area contributed by atoms with Crippen molar-refractivity contribution in [2.75, 3.05) is 19.0 Å². The summed E-state index contributed by atoms with van der Waals surface area (Å²) in [5.74, 6) is 0.472. The van der Waals surface area contributed by atoms with E-state index in [-0.39, 0.29) is 24.1 Å². The van der Waals surface area contributed by atoms with Crippen molar-refractivity contribution in [1.82, 2.24) is 5.32 Å². The number of carbonyl (C=O) groups is 2. The van der Waals surface area contributed by atoms with Gasteiger partial charge in [0.2, 0.25) is 0 Å². The Labute approximate surface area is 169 Å². The second kappa shape index (κ2) is 10.5. The zero-order valence-corrected chi connectivity index (χ0v) is 16.6. The van der Waals surface area contributed by atoms with Crippen molar-refractivity contribution < 1.29 is 19.1 Å². The Kier molecular flexibility index (Phi) is 7.80. The largest absolute Gasteiger partial charge is 0.497 e. The molecule has 0 atom stereocenters. The molecule has 7 heteroatoms. The average Bonchev–Trinajstić information content (AvgIpc) is 2.71. The number of hydrogen-bond acceptors (Lipinski definition) is 5. The van der Waals surface area contributed by atoms with Gasteiger partial charge >= 0.3 is 0 Å². The average molecular weight is 393 g/mol. The number of carbonyl (C=O) groups excluding carboxylic acids is 2. The summed E-state index contributed by atoms with van der Waals surface area (Å²) in [5.41, 5.74) is 1.18. The molecule has 0 bridgehead atoms. The van der Waals surface area contributed by atoms with Gasteiger partial charge in [-0.2, -0.15) is 5.26 Å². The van der Waals surface area contributed by atoms with E-state index in [0.29, 0.717) is 22.7 Å². The molecule has 0 aliphatic rings. The number of nitriles is 1. The predicted octanol–water partition coefficient (Wildman–Crippen LogP) is 3.14. The Morgan fingerprint density at radius 1 is 1.07 bits per heavy atom. The number of amides is 2. The fraction of sp³-hybridized carbons (Fsp3) is 0.227. The highest BCUT2D eigenvalue weighted by molar-refractivity contribution is 6.09. The van der Waals surface area contributed by atoms with Crippen molar-refractivity contribution in [1.29, 1.82) is 5.26 Å². The molecule has 0 aliphatic carbocycles. The maximum Gasteiger partial charge on any atom is 0.266 e. The van der Waals surface area contributed by atoms with E-state index < -0.39 is 5.91 Å². The minimum Gasteiger partial charge on any atom is -0.497 e. The summed E-state index contributed by atoms with van der Waals surface area (Å²) < 4.78 is 10.5. The van der Waals surface area contributed by atoms with Crippen LogP contribution in [0.3, 0.4) is 0 Å². The second-order valence-corrected chi connectivity index (χ2v) is 6.43. The van der Waals surface area contributed by atoms with Crippen LogP contribution >= 0.6 is 0 Å². The van der Waals surface area contributed by atoms with E-state index in [9.17, 15) is 14.9 Å². The molecule has 2 amide bonds. The number of rotatable bonds is 8. The van der Waals surface area contributed by atoms with E-state index in [4.69, 9.17) is 9.47 Å². The molecule has 0 aromatic heterocycles. The maximum atomic E-state index is 12.3. The number of benzene rings is 2. The van der Waals surface area contributed by atoms with Crippen molar-refractivity contribution in [3.05, 3.63) is 59.7 Å². The highest BCUT2D eigenvalue weighted by Crippen LogP contribution is 2.17. The number of anilines is 1. The van der Waals surface area contributed by atoms with Crippen LogP contribution in [0.4, 0.5) is 5.69 Å². The first-order chi connectivity index (χ1) is 13.9. The summed E-state index contributed by atoms with van der Waals surface area (Å²) in [6.07, 6.45) is 1.48. The minimum atomic E-state index is -0.511. The predicted molar refractivity (Wildman–Crippen MR) is 110 cm³/mol. The molecule has 29 heavy (non-hydrogen) atoms. The maximum absolute atomic E-state index is 12.3. The third-order valence-electron chi connectivity index (χ3n) is 3.72. The van der Waals surface area contributed by atoms with Crippen molar-refractivity contribution in [2.45, 2.75) is 19.9 Å². The standard InChI is InChI=1S/C22H23N3O4/c1-15(2)24-21(26)14-29-20-8-4-16(5-9-20)12-17(13-23)22(27)25-18-6-10-19(28-3)11-7-18/h4-12,15H,14H2,1-3H3,(H,24,26)(H,25,27)/b17-12+. The van der Waals surface area contributed by atoms with Gasteiger partial charge in [0, 0.05) is 11.7 Å². The van der Waals surface area contributed by atoms with E-state index in [1.165, 1.54) is 6.08 Å². The van der Waals surface area contributed by atoms with Crippen molar-refractivity contribution in [3.8, 4) is 17.6 Å². The van der Waals surface area contributed by atoms with Gasteiger partial charge in [-0.25, -0.2) is 0 Å². The molecular formula is C22H23N3O4. The summed E-state index contributed by atoms with van der Waals surface area (Å²) in [6.45, 7) is 3.66. The second-order valence-electron chi connectivity index (χ2n) is 6.43. The van der Waals surface area contributed by atoms with Crippen LogP contribution in [0.2, 0.25) is 0 Å². The molecule has 2 aromatic rings. The number of ether oxygens (including phenoxy) is 2. The van der Waals surface area contributed by atoms with Crippen LogP contribution in [-0.2, 0) is 9.59 Å². The molecule has 2 aromatic carbocycles. The van der Waals surface area contributed by atoms with Gasteiger partial charge in [0.15, 0.2) is 6.61 Å². The molecular weight excluding hydrogens is 370 g/mol. The Morgan fingerprint density at radius 3 is 2.24 bits per heavy atom. The van der Waals surface area contributed by atoms with Crippen LogP contribution in [0.25, 0.3) is 6.08 Å². The van der Waals surface area contributed by atoms with E-state index in [1.807, 2.05) is 19.9 Å². The monoisotopic (exact) mass is 393 g/mol. The third kappa shape index (κ3) is 7.03. The van der Waals surface area contributed by atoms with Gasteiger partial charge in [-0.15, -0.1) is 0 Å². The molecule has 0 fully saturated rings. The van der Waals surface area contributed by atoms with Gasteiger partial charge in [0.25, 0.3) is 11.8 Å². The quantitative estimate of drug-likeness (QED) is 0.530. The first kappa shape index (κ1) is 21.5. The highest BCUT2D eigenvalue weighted by Gasteiger charge is 2.10. The smallest absolute Gasteiger partial charge is 0.266 e. The lowest BCUT2D eigenvalue weighted by Gasteiger charge is -2.09. The molecule has 0 heterocycles. The third-order valence-corrected chi connectivity index (χ3v) is 3.72. The zero-order valence-electron chi connectivity index (χ0n) is 16.6. The SMILES string of the molecule is COc1ccc(NC(=O)/C(C#N)=C/c2ccc(OCC(=O)NC(C)C)cc2)cc1. The molecule has 7 nitrogen and oxygen atoms in total. The number of hydrogen-bond donors (Lipinski definition) is 2. The Hall–Kier alpha value is -3.79. The van der Waals surface area contributed by atoms with Gasteiger partial charge in [-0.05, 0) is 61.9 Å². The highest BCUT2D eigenvalue weighted by atomic mass is 16.5. The molecule has 2 rings (SSSR count). The summed E-state index contributed by atoms with van der Waals surface area (Å²) in [6, 6.07) is 15.5. The van der Waals surface area contributed by atoms with Crippen LogP contribution in [0.1, 0.15) is 19.4 Å². The lowest BCUT2D eigenvalue weighted by Crippen LogP contribution is -2.34. The van der Waals surface area contributed by atoms with Crippen LogP contribution in [0, 0.1) is 11.3 Å². The van der Waals surface area contributed by atoms with Crippen molar-refractivity contribution in [3.63, 3.8) is 0 Å². The summed E-state index contributed by atoms with van der Waals surface area (Å²) in [4.78, 5) is 23.9. The van der Waals surface area contributed by atoms with E-state index in [2.05, 4.69) is 10.6 Å². The topological polar surface area (TPSA) is 100 Å². The van der Waals surface area contributed by atoms with Gasteiger partial charge in [0.1, 0.15) is 23.1 Å². The van der Waals surface area contributed by atoms with Crippen molar-refractivity contribution >= 4 is 23.6 Å². The fourth-order valence-electron chi connectivity index (χ4n) is 2.36. The van der Waals surface area contributed by atoms with E-state index in [1.54, 1.807) is 55.6 Å². The van der Waals surface area contributed by atoms with E-state index >= 15 is 0 Å². The fourth-order valence-corrected chi connectivity index (χ4v) is 2.36. The first-order valence-corrected chi connectivity index (χ1v) is 9.00. The van der Waals surface area contributed by atoms with E-state index in [0.717, 1.165) is 0 Å². The van der Waals surface area contributed by atoms with Crippen LogP contribution in [0.15, 0.2) is 54.1 Å². The first-order valence-electron chi connectivity index (χ1n) is 9.00. The number of methoxy groups -OCH3 is 1. The van der Waals surface area contributed by atoms with Gasteiger partial charge in [0.05, 0.1) is 7.11 Å². The molecule has 150 valence electrons. The van der Waals surface area contributed by atoms with Crippen LogP contribution < -0.4 is 20.1 Å². The Balaban J connectivity index is 1.99. The van der Waals surface area contributed by atoms with Crippen LogP contribution in [-0.4, -0.2) is 31.6 Å². The summed E-state index contributed by atoms with van der Waals surface area (Å²) in [7, 11) is 1.56. The molecule has 2 N–H and O–H groups in total. The minimum absolute atomic E-state index is 0.0363. The number of nitrogens with one attached hydrogen (secondary N) is 2. The molecule has 0 unspecified atom stereocenters. The van der Waals surface area contributed by atoms with Gasteiger partial charge in [-0.3, -0.25) is 9.59 Å². The normalized spacial score (nSPS) is 10.8. The lowest BCUT2D eigenvalue weighted by molar-refractivity contribution is -0.123. The van der Waals surface area contributed by atoms with Gasteiger partial charge in [-0.1, -0.05) is 12.1 Å². The Morgan fingerprint density at radius 2 is 1.69 bits per heavy atom. The lowest BCUT2D eigenvalue weighted by atomic mass is 10.1. The molecule has 0 saturated heterocycles. The number of nitrogens with zero attached hydrogens (tertiary/aromatic N) is 1. The molecule has 0 saturated carbocycles. The van der Waals surface area contributed by atoms with Crippen molar-refractivity contribution in [2.24, 2.45) is 0 Å².